The molecule has 3 rings (SSSR count). The smallest absolute Gasteiger partial charge is 0.259 e. The predicted molar refractivity (Wildman–Crippen MR) is 85.8 cm³/mol. The number of hydrogen-bond acceptors (Lipinski definition) is 3. The predicted octanol–water partition coefficient (Wildman–Crippen LogP) is 4.01. The van der Waals surface area contributed by atoms with Gasteiger partial charge in [0.2, 0.25) is 0 Å². The van der Waals surface area contributed by atoms with Gasteiger partial charge in [0.15, 0.2) is 0 Å². The van der Waals surface area contributed by atoms with Gasteiger partial charge >= 0.3 is 0 Å². The fraction of sp³-hybridized carbons (Fsp3) is 0.375. The Balaban J connectivity index is 1.61. The number of anilines is 1. The van der Waals surface area contributed by atoms with E-state index in [1.165, 1.54) is 30.6 Å². The minimum absolute atomic E-state index is 0.127. The third-order valence-corrected chi connectivity index (χ3v) is 5.14. The summed E-state index contributed by atoms with van der Waals surface area (Å²) in [4.78, 5) is 13.4. The molecule has 1 aromatic carbocycles. The zero-order valence-electron chi connectivity index (χ0n) is 12.1. The second-order valence-electron chi connectivity index (χ2n) is 5.41. The monoisotopic (exact) mass is 301 g/mol. The Morgan fingerprint density at radius 3 is 2.62 bits per heavy atom. The van der Waals surface area contributed by atoms with Gasteiger partial charge in [-0.15, -0.1) is 11.8 Å². The summed E-state index contributed by atoms with van der Waals surface area (Å²) in [5, 5.41) is 10.3. The minimum atomic E-state index is -0.127. The quantitative estimate of drug-likeness (QED) is 0.897. The molecule has 0 unspecified atom stereocenters. The number of carbonyl (C=O) groups excluding carboxylic acids is 1. The van der Waals surface area contributed by atoms with Crippen LogP contribution < -0.4 is 5.32 Å². The van der Waals surface area contributed by atoms with Gasteiger partial charge in [0.05, 0.1) is 11.8 Å². The standard InChI is InChI=1S/C16H19N3OS/c1-11-15(10-17-19-11)16(20)18-12-6-8-14(9-7-12)21-13-4-2-3-5-13/h6-10,13H,2-5H2,1H3,(H,17,19)(H,18,20). The summed E-state index contributed by atoms with van der Waals surface area (Å²) >= 11 is 1.95. The van der Waals surface area contributed by atoms with Crippen LogP contribution in [0.4, 0.5) is 5.69 Å². The maximum atomic E-state index is 12.1. The average molecular weight is 301 g/mol. The van der Waals surface area contributed by atoms with E-state index in [2.05, 4.69) is 27.6 Å². The first-order valence-corrected chi connectivity index (χ1v) is 8.18. The van der Waals surface area contributed by atoms with E-state index in [-0.39, 0.29) is 5.91 Å². The number of nitrogens with zero attached hydrogens (tertiary/aromatic N) is 1. The molecule has 1 aliphatic rings. The Morgan fingerprint density at radius 1 is 1.29 bits per heavy atom. The number of aromatic nitrogens is 2. The van der Waals surface area contributed by atoms with E-state index < -0.39 is 0 Å². The van der Waals surface area contributed by atoms with Gasteiger partial charge in [-0.25, -0.2) is 0 Å². The Morgan fingerprint density at radius 2 is 2.00 bits per heavy atom. The van der Waals surface area contributed by atoms with Crippen LogP contribution in [0.1, 0.15) is 41.7 Å². The molecule has 0 atom stereocenters. The lowest BCUT2D eigenvalue weighted by Crippen LogP contribution is -2.12. The lowest BCUT2D eigenvalue weighted by molar-refractivity contribution is 0.102. The summed E-state index contributed by atoms with van der Waals surface area (Å²) in [6.07, 6.45) is 6.91. The molecule has 0 bridgehead atoms. The molecule has 0 saturated heterocycles. The lowest BCUT2D eigenvalue weighted by atomic mass is 10.2. The van der Waals surface area contributed by atoms with E-state index in [0.29, 0.717) is 5.56 Å². The van der Waals surface area contributed by atoms with Gasteiger partial charge in [0, 0.05) is 21.5 Å². The van der Waals surface area contributed by atoms with Gasteiger partial charge < -0.3 is 5.32 Å². The molecule has 0 aliphatic heterocycles. The highest BCUT2D eigenvalue weighted by atomic mass is 32.2. The third kappa shape index (κ3) is 3.47. The molecule has 110 valence electrons. The molecule has 1 saturated carbocycles. The number of carbonyl (C=O) groups is 1. The average Bonchev–Trinajstić information content (AvgIpc) is 3.12. The molecule has 1 fully saturated rings. The number of H-pyrrole nitrogens is 1. The molecule has 1 amide bonds. The van der Waals surface area contributed by atoms with Crippen molar-refractivity contribution in [2.75, 3.05) is 5.32 Å². The number of aromatic amines is 1. The molecular weight excluding hydrogens is 282 g/mol. The largest absolute Gasteiger partial charge is 0.322 e. The Bertz CT molecular complexity index is 615. The highest BCUT2D eigenvalue weighted by Gasteiger charge is 2.16. The summed E-state index contributed by atoms with van der Waals surface area (Å²) in [5.74, 6) is -0.127. The number of nitrogens with one attached hydrogen (secondary N) is 2. The van der Waals surface area contributed by atoms with Gasteiger partial charge in [-0.2, -0.15) is 5.10 Å². The second kappa shape index (κ2) is 6.35. The molecule has 2 aromatic rings. The van der Waals surface area contributed by atoms with E-state index in [1.807, 2.05) is 30.8 Å². The number of hydrogen-bond donors (Lipinski definition) is 2. The molecule has 2 N–H and O–H groups in total. The van der Waals surface area contributed by atoms with Crippen molar-refractivity contribution in [1.29, 1.82) is 0 Å². The first-order chi connectivity index (χ1) is 10.2. The van der Waals surface area contributed by atoms with Gasteiger partial charge in [0.25, 0.3) is 5.91 Å². The van der Waals surface area contributed by atoms with Crippen molar-refractivity contribution in [3.63, 3.8) is 0 Å². The summed E-state index contributed by atoms with van der Waals surface area (Å²) in [6, 6.07) is 8.09. The molecule has 0 radical (unpaired) electrons. The fourth-order valence-electron chi connectivity index (χ4n) is 2.59. The van der Waals surface area contributed by atoms with Crippen LogP contribution in [-0.4, -0.2) is 21.4 Å². The number of benzene rings is 1. The lowest BCUT2D eigenvalue weighted by Gasteiger charge is -2.09. The minimum Gasteiger partial charge on any atom is -0.322 e. The second-order valence-corrected chi connectivity index (χ2v) is 6.79. The van der Waals surface area contributed by atoms with Crippen molar-refractivity contribution < 1.29 is 4.79 Å². The van der Waals surface area contributed by atoms with Crippen molar-refractivity contribution in [1.82, 2.24) is 10.2 Å². The highest BCUT2D eigenvalue weighted by Crippen LogP contribution is 2.34. The van der Waals surface area contributed by atoms with E-state index in [0.717, 1.165) is 16.6 Å². The zero-order chi connectivity index (χ0) is 14.7. The molecule has 1 aliphatic carbocycles. The van der Waals surface area contributed by atoms with E-state index in [4.69, 9.17) is 0 Å². The van der Waals surface area contributed by atoms with Crippen LogP contribution in [0.3, 0.4) is 0 Å². The Labute approximate surface area is 128 Å². The third-order valence-electron chi connectivity index (χ3n) is 3.79. The SMILES string of the molecule is Cc1[nH]ncc1C(=O)Nc1ccc(SC2CCCC2)cc1. The van der Waals surface area contributed by atoms with Gasteiger partial charge in [0.1, 0.15) is 0 Å². The molecule has 1 heterocycles. The molecule has 21 heavy (non-hydrogen) atoms. The fourth-order valence-corrected chi connectivity index (χ4v) is 3.84. The van der Waals surface area contributed by atoms with E-state index in [9.17, 15) is 4.79 Å². The number of amides is 1. The summed E-state index contributed by atoms with van der Waals surface area (Å²) in [7, 11) is 0. The number of aryl methyl sites for hydroxylation is 1. The van der Waals surface area contributed by atoms with Crippen LogP contribution in [0, 0.1) is 6.92 Å². The normalized spacial score (nSPS) is 15.3. The number of rotatable bonds is 4. The Kier molecular flexibility index (Phi) is 4.29. The Hall–Kier alpha value is -1.75. The molecular formula is C16H19N3OS. The zero-order valence-corrected chi connectivity index (χ0v) is 12.9. The van der Waals surface area contributed by atoms with Gasteiger partial charge in [-0.05, 0) is 44.0 Å². The van der Waals surface area contributed by atoms with Gasteiger partial charge in [-0.1, -0.05) is 12.8 Å². The van der Waals surface area contributed by atoms with Crippen molar-refractivity contribution in [3.8, 4) is 0 Å². The maximum absolute atomic E-state index is 12.1. The van der Waals surface area contributed by atoms with Crippen molar-refractivity contribution in [2.24, 2.45) is 0 Å². The van der Waals surface area contributed by atoms with Crippen molar-refractivity contribution in [3.05, 3.63) is 41.7 Å². The first-order valence-electron chi connectivity index (χ1n) is 7.30. The van der Waals surface area contributed by atoms with Crippen LogP contribution in [0.25, 0.3) is 0 Å². The van der Waals surface area contributed by atoms with Crippen LogP contribution in [0.15, 0.2) is 35.4 Å². The molecule has 5 heteroatoms. The van der Waals surface area contributed by atoms with Crippen LogP contribution in [0.2, 0.25) is 0 Å². The molecule has 0 spiro atoms. The van der Waals surface area contributed by atoms with Crippen molar-refractivity contribution in [2.45, 2.75) is 42.8 Å². The van der Waals surface area contributed by atoms with Crippen LogP contribution in [-0.2, 0) is 0 Å². The van der Waals surface area contributed by atoms with Gasteiger partial charge in [-0.3, -0.25) is 9.89 Å². The topological polar surface area (TPSA) is 57.8 Å². The molecule has 4 nitrogen and oxygen atoms in total. The number of thioether (sulfide) groups is 1. The summed E-state index contributed by atoms with van der Waals surface area (Å²) in [5.41, 5.74) is 2.18. The van der Waals surface area contributed by atoms with Crippen molar-refractivity contribution >= 4 is 23.4 Å². The van der Waals surface area contributed by atoms with Crippen LogP contribution >= 0.6 is 11.8 Å². The van der Waals surface area contributed by atoms with E-state index >= 15 is 0 Å². The first kappa shape index (κ1) is 14.2. The maximum Gasteiger partial charge on any atom is 0.259 e. The van der Waals surface area contributed by atoms with E-state index in [1.54, 1.807) is 6.20 Å². The molecule has 1 aromatic heterocycles. The summed E-state index contributed by atoms with van der Waals surface area (Å²) in [6.45, 7) is 1.84. The summed E-state index contributed by atoms with van der Waals surface area (Å²) < 4.78 is 0. The highest BCUT2D eigenvalue weighted by molar-refractivity contribution is 8.00. The van der Waals surface area contributed by atoms with Crippen LogP contribution in [0.5, 0.6) is 0 Å².